The quantitative estimate of drug-likeness (QED) is 0.692. The van der Waals surface area contributed by atoms with Crippen LogP contribution in [0.4, 0.5) is 0 Å². The lowest BCUT2D eigenvalue weighted by molar-refractivity contribution is -0.155. The summed E-state index contributed by atoms with van der Waals surface area (Å²) < 4.78 is 0. The molecule has 0 saturated carbocycles. The van der Waals surface area contributed by atoms with E-state index in [2.05, 4.69) is 0 Å². The van der Waals surface area contributed by atoms with Crippen LogP contribution in [0.3, 0.4) is 0 Å². The van der Waals surface area contributed by atoms with Crippen LogP contribution in [0.2, 0.25) is 0 Å². The number of amides is 3. The molecule has 0 aromatic carbocycles. The molecule has 128 valence electrons. The maximum absolute atomic E-state index is 12.7. The molecule has 0 spiro atoms. The van der Waals surface area contributed by atoms with E-state index in [-0.39, 0.29) is 0 Å². The van der Waals surface area contributed by atoms with E-state index in [0.717, 1.165) is 12.8 Å². The molecule has 0 saturated heterocycles. The first-order valence-electron chi connectivity index (χ1n) is 7.69. The number of rotatable bonds is 6. The summed E-state index contributed by atoms with van der Waals surface area (Å²) >= 11 is 0. The second-order valence-electron chi connectivity index (χ2n) is 6.85. The van der Waals surface area contributed by atoms with Crippen molar-refractivity contribution in [3.63, 3.8) is 0 Å². The largest absolute Gasteiger partial charge is 0.348 e. The zero-order chi connectivity index (χ0) is 17.7. The van der Waals surface area contributed by atoms with Crippen molar-refractivity contribution in [2.45, 2.75) is 46.1 Å². The molecule has 22 heavy (non-hydrogen) atoms. The van der Waals surface area contributed by atoms with Gasteiger partial charge < -0.3 is 14.7 Å². The minimum atomic E-state index is -1.30. The van der Waals surface area contributed by atoms with E-state index in [1.54, 1.807) is 28.2 Å². The maximum Gasteiger partial charge on any atom is 0.244 e. The third kappa shape index (κ3) is 5.31. The highest BCUT2D eigenvalue weighted by Crippen LogP contribution is 2.17. The van der Waals surface area contributed by atoms with Gasteiger partial charge in [0.1, 0.15) is 0 Å². The second kappa shape index (κ2) is 8.15. The zero-order valence-electron chi connectivity index (χ0n) is 15.3. The van der Waals surface area contributed by atoms with E-state index in [9.17, 15) is 14.4 Å². The Morgan fingerprint density at radius 1 is 0.909 bits per heavy atom. The molecule has 0 N–H and O–H groups in total. The van der Waals surface area contributed by atoms with Crippen molar-refractivity contribution in [2.75, 3.05) is 34.7 Å². The van der Waals surface area contributed by atoms with E-state index >= 15 is 0 Å². The molecule has 0 aromatic heterocycles. The van der Waals surface area contributed by atoms with E-state index in [4.69, 9.17) is 0 Å². The van der Waals surface area contributed by atoms with Gasteiger partial charge in [-0.1, -0.05) is 13.3 Å². The van der Waals surface area contributed by atoms with E-state index in [1.165, 1.54) is 14.7 Å². The minimum absolute atomic E-state index is 0.437. The van der Waals surface area contributed by atoms with Gasteiger partial charge in [0.15, 0.2) is 5.92 Å². The molecular formula is C16H31N3O3. The molecule has 0 radical (unpaired) electrons. The van der Waals surface area contributed by atoms with Crippen molar-refractivity contribution in [1.29, 1.82) is 0 Å². The Kier molecular flexibility index (Phi) is 7.56. The molecular weight excluding hydrogens is 282 g/mol. The van der Waals surface area contributed by atoms with Gasteiger partial charge in [-0.25, -0.2) is 0 Å². The average Bonchev–Trinajstić information content (AvgIpc) is 2.42. The van der Waals surface area contributed by atoms with E-state index < -0.39 is 29.2 Å². The molecule has 0 fully saturated rings. The summed E-state index contributed by atoms with van der Waals surface area (Å²) in [5, 5.41) is 0. The van der Waals surface area contributed by atoms with Gasteiger partial charge in [0, 0.05) is 40.3 Å². The van der Waals surface area contributed by atoms with Crippen LogP contribution >= 0.6 is 0 Å². The Balaban J connectivity index is 5.43. The van der Waals surface area contributed by atoms with Crippen LogP contribution in [0.15, 0.2) is 0 Å². The first kappa shape index (κ1) is 20.4. The van der Waals surface area contributed by atoms with Crippen LogP contribution in [0.5, 0.6) is 0 Å². The number of carbonyl (C=O) groups excluding carboxylic acids is 3. The Labute approximate surface area is 134 Å². The molecule has 3 amide bonds. The van der Waals surface area contributed by atoms with Crippen LogP contribution in [0, 0.1) is 5.92 Å². The SMILES string of the molecule is CCCCN(C)C(=O)C(C(=O)N(C)C)C(=O)N(C)C(C)(C)C. The van der Waals surface area contributed by atoms with Gasteiger partial charge in [-0.05, 0) is 27.2 Å². The highest BCUT2D eigenvalue weighted by molar-refractivity contribution is 6.17. The van der Waals surface area contributed by atoms with Gasteiger partial charge in [-0.15, -0.1) is 0 Å². The molecule has 0 aliphatic carbocycles. The van der Waals surface area contributed by atoms with Crippen molar-refractivity contribution < 1.29 is 14.4 Å². The van der Waals surface area contributed by atoms with Crippen LogP contribution in [-0.4, -0.2) is 72.7 Å². The monoisotopic (exact) mass is 313 g/mol. The molecule has 1 unspecified atom stereocenters. The fourth-order valence-electron chi connectivity index (χ4n) is 1.83. The summed E-state index contributed by atoms with van der Waals surface area (Å²) in [5.41, 5.74) is -0.454. The van der Waals surface area contributed by atoms with Gasteiger partial charge in [0.2, 0.25) is 17.7 Å². The molecule has 1 atom stereocenters. The Bertz CT molecular complexity index is 413. The van der Waals surface area contributed by atoms with Crippen molar-refractivity contribution in [1.82, 2.24) is 14.7 Å². The predicted octanol–water partition coefficient (Wildman–Crippen LogP) is 1.21. The summed E-state index contributed by atoms with van der Waals surface area (Å²) in [6, 6.07) is 0. The molecule has 0 rings (SSSR count). The van der Waals surface area contributed by atoms with Crippen molar-refractivity contribution in [3.8, 4) is 0 Å². The molecule has 6 heteroatoms. The van der Waals surface area contributed by atoms with Gasteiger partial charge in [-0.2, -0.15) is 0 Å². The molecule has 0 aromatic rings. The van der Waals surface area contributed by atoms with Gasteiger partial charge in [-0.3, -0.25) is 14.4 Å². The first-order valence-corrected chi connectivity index (χ1v) is 7.69. The van der Waals surface area contributed by atoms with Crippen LogP contribution in [0.1, 0.15) is 40.5 Å². The smallest absolute Gasteiger partial charge is 0.244 e. The topological polar surface area (TPSA) is 60.9 Å². The highest BCUT2D eigenvalue weighted by atomic mass is 16.2. The lowest BCUT2D eigenvalue weighted by Gasteiger charge is -2.35. The maximum atomic E-state index is 12.7. The Morgan fingerprint density at radius 2 is 1.41 bits per heavy atom. The van der Waals surface area contributed by atoms with Crippen LogP contribution in [0.25, 0.3) is 0 Å². The average molecular weight is 313 g/mol. The lowest BCUT2D eigenvalue weighted by atomic mass is 9.99. The number of hydrogen-bond donors (Lipinski definition) is 0. The molecule has 6 nitrogen and oxygen atoms in total. The Hall–Kier alpha value is -1.59. The Morgan fingerprint density at radius 3 is 1.77 bits per heavy atom. The van der Waals surface area contributed by atoms with Gasteiger partial charge >= 0.3 is 0 Å². The third-order valence-electron chi connectivity index (χ3n) is 3.74. The molecule has 0 heterocycles. The number of hydrogen-bond acceptors (Lipinski definition) is 3. The first-order chi connectivity index (χ1) is 9.95. The summed E-state index contributed by atoms with van der Waals surface area (Å²) in [4.78, 5) is 41.9. The van der Waals surface area contributed by atoms with Gasteiger partial charge in [0.25, 0.3) is 0 Å². The molecule has 0 bridgehead atoms. The normalized spacial score (nSPS) is 12.5. The number of carbonyl (C=O) groups is 3. The summed E-state index contributed by atoms with van der Waals surface area (Å²) in [5.74, 6) is -2.68. The van der Waals surface area contributed by atoms with Crippen molar-refractivity contribution >= 4 is 17.7 Å². The van der Waals surface area contributed by atoms with Crippen molar-refractivity contribution in [2.24, 2.45) is 5.92 Å². The minimum Gasteiger partial charge on any atom is -0.348 e. The zero-order valence-corrected chi connectivity index (χ0v) is 15.3. The van der Waals surface area contributed by atoms with Crippen LogP contribution < -0.4 is 0 Å². The fraction of sp³-hybridized carbons (Fsp3) is 0.812. The number of unbranched alkanes of at least 4 members (excludes halogenated alkanes) is 1. The summed E-state index contributed by atoms with van der Waals surface area (Å²) in [7, 11) is 6.37. The van der Waals surface area contributed by atoms with Gasteiger partial charge in [0.05, 0.1) is 0 Å². The van der Waals surface area contributed by atoms with E-state index in [1.807, 2.05) is 27.7 Å². The fourth-order valence-corrected chi connectivity index (χ4v) is 1.83. The van der Waals surface area contributed by atoms with Crippen LogP contribution in [-0.2, 0) is 14.4 Å². The standard InChI is InChI=1S/C16H31N3O3/c1-9-10-11-18(7)14(21)12(13(20)17(5)6)15(22)19(8)16(2,3)4/h12H,9-11H2,1-8H3. The molecule has 0 aliphatic heterocycles. The highest BCUT2D eigenvalue weighted by Gasteiger charge is 2.41. The summed E-state index contributed by atoms with van der Waals surface area (Å²) in [6.45, 7) is 8.17. The second-order valence-corrected chi connectivity index (χ2v) is 6.85. The third-order valence-corrected chi connectivity index (χ3v) is 3.74. The summed E-state index contributed by atoms with van der Waals surface area (Å²) in [6.07, 6.45) is 1.79. The van der Waals surface area contributed by atoms with E-state index in [0.29, 0.717) is 6.54 Å². The predicted molar refractivity (Wildman–Crippen MR) is 87.3 cm³/mol. The molecule has 0 aliphatic rings. The number of nitrogens with zero attached hydrogens (tertiary/aromatic N) is 3. The van der Waals surface area contributed by atoms with Crippen molar-refractivity contribution in [3.05, 3.63) is 0 Å². The lowest BCUT2D eigenvalue weighted by Crippen LogP contribution is -2.54.